The second-order valence-corrected chi connectivity index (χ2v) is 9.40. The van der Waals surface area contributed by atoms with E-state index in [9.17, 15) is 9.59 Å². The maximum atomic E-state index is 12.9. The molecule has 1 aliphatic heterocycles. The van der Waals surface area contributed by atoms with Gasteiger partial charge in [0.2, 0.25) is 4.96 Å². The van der Waals surface area contributed by atoms with E-state index < -0.39 is 0 Å². The molecule has 33 heavy (non-hydrogen) atoms. The molecule has 0 bridgehead atoms. The van der Waals surface area contributed by atoms with E-state index >= 15 is 0 Å². The second-order valence-electron chi connectivity index (χ2n) is 8.44. The molecule has 1 amide bonds. The van der Waals surface area contributed by atoms with Crippen molar-refractivity contribution in [2.45, 2.75) is 20.4 Å². The van der Waals surface area contributed by atoms with Gasteiger partial charge in [0.1, 0.15) is 5.01 Å². The highest BCUT2D eigenvalue weighted by Crippen LogP contribution is 2.25. The van der Waals surface area contributed by atoms with E-state index in [1.807, 2.05) is 61.2 Å². The van der Waals surface area contributed by atoms with Crippen LogP contribution in [-0.4, -0.2) is 56.5 Å². The number of nitrogens with zero attached hydrogens (tertiary/aromatic N) is 5. The minimum atomic E-state index is -0.168. The summed E-state index contributed by atoms with van der Waals surface area (Å²) in [5, 5.41) is 5.26. The molecule has 4 aromatic rings. The van der Waals surface area contributed by atoms with Crippen molar-refractivity contribution in [3.63, 3.8) is 0 Å². The van der Waals surface area contributed by atoms with E-state index in [1.54, 1.807) is 6.07 Å². The number of benzene rings is 2. The quantitative estimate of drug-likeness (QED) is 0.468. The summed E-state index contributed by atoms with van der Waals surface area (Å²) in [5.41, 5.74) is 4.46. The van der Waals surface area contributed by atoms with Gasteiger partial charge in [-0.2, -0.15) is 9.61 Å². The van der Waals surface area contributed by atoms with Crippen LogP contribution in [0.1, 0.15) is 27.2 Å². The fraction of sp³-hybridized carbons (Fsp3) is 0.280. The third-order valence-corrected chi connectivity index (χ3v) is 6.94. The zero-order valence-corrected chi connectivity index (χ0v) is 19.5. The average molecular weight is 460 g/mol. The van der Waals surface area contributed by atoms with Crippen molar-refractivity contribution < 1.29 is 4.79 Å². The molecule has 0 radical (unpaired) electrons. The summed E-state index contributed by atoms with van der Waals surface area (Å²) in [4.78, 5) is 35.0. The molecule has 0 aliphatic carbocycles. The zero-order chi connectivity index (χ0) is 22.9. The van der Waals surface area contributed by atoms with E-state index in [-0.39, 0.29) is 11.5 Å². The molecule has 0 spiro atoms. The van der Waals surface area contributed by atoms with Gasteiger partial charge < -0.3 is 4.90 Å². The van der Waals surface area contributed by atoms with Gasteiger partial charge in [-0.05, 0) is 31.5 Å². The van der Waals surface area contributed by atoms with Crippen LogP contribution >= 0.6 is 11.3 Å². The van der Waals surface area contributed by atoms with Crippen LogP contribution in [0, 0.1) is 13.8 Å². The Labute approximate surface area is 195 Å². The van der Waals surface area contributed by atoms with Crippen LogP contribution in [0.4, 0.5) is 0 Å². The molecule has 0 N–H and O–H groups in total. The van der Waals surface area contributed by atoms with E-state index in [0.717, 1.165) is 46.0 Å². The highest BCUT2D eigenvalue weighted by atomic mass is 32.1. The van der Waals surface area contributed by atoms with Crippen molar-refractivity contribution >= 4 is 22.2 Å². The topological polar surface area (TPSA) is 70.8 Å². The van der Waals surface area contributed by atoms with E-state index in [2.05, 4.69) is 16.1 Å². The summed E-state index contributed by atoms with van der Waals surface area (Å²) in [6, 6.07) is 17.3. The zero-order valence-electron chi connectivity index (χ0n) is 18.7. The third kappa shape index (κ3) is 4.44. The summed E-state index contributed by atoms with van der Waals surface area (Å²) < 4.78 is 1.38. The van der Waals surface area contributed by atoms with Crippen molar-refractivity contribution in [1.29, 1.82) is 0 Å². The van der Waals surface area contributed by atoms with Gasteiger partial charge in [-0.25, -0.2) is 4.98 Å². The Morgan fingerprint density at radius 3 is 2.55 bits per heavy atom. The Morgan fingerprint density at radius 2 is 1.79 bits per heavy atom. The van der Waals surface area contributed by atoms with Gasteiger partial charge in [0, 0.05) is 49.9 Å². The van der Waals surface area contributed by atoms with Crippen molar-refractivity contribution in [2.24, 2.45) is 0 Å². The van der Waals surface area contributed by atoms with Crippen LogP contribution in [-0.2, 0) is 6.54 Å². The molecule has 1 saturated heterocycles. The standard InChI is InChI=1S/C25H25N5O2S/c1-17-6-5-8-19(14-17)23-27-30-22(31)15-20(26-25(30)33-23)16-28-10-12-29(13-11-28)24(32)21-9-4-3-7-18(21)2/h3-9,14-15H,10-13,16H2,1-2H3. The lowest BCUT2D eigenvalue weighted by molar-refractivity contribution is 0.0626. The molecule has 0 saturated carbocycles. The first kappa shape index (κ1) is 21.5. The number of hydrogen-bond donors (Lipinski definition) is 0. The van der Waals surface area contributed by atoms with Crippen LogP contribution in [0.15, 0.2) is 59.4 Å². The van der Waals surface area contributed by atoms with Gasteiger partial charge in [0.15, 0.2) is 0 Å². The first-order valence-electron chi connectivity index (χ1n) is 11.0. The molecule has 0 atom stereocenters. The van der Waals surface area contributed by atoms with Gasteiger partial charge in [0.05, 0.1) is 5.69 Å². The Morgan fingerprint density at radius 1 is 1.00 bits per heavy atom. The third-order valence-electron chi connectivity index (χ3n) is 5.98. The van der Waals surface area contributed by atoms with E-state index in [4.69, 9.17) is 4.98 Å². The van der Waals surface area contributed by atoms with Crippen molar-refractivity contribution in [3.8, 4) is 10.6 Å². The maximum absolute atomic E-state index is 12.9. The Hall–Kier alpha value is -3.36. The molecule has 8 heteroatoms. The highest BCUT2D eigenvalue weighted by Gasteiger charge is 2.23. The number of carbonyl (C=O) groups is 1. The lowest BCUT2D eigenvalue weighted by Gasteiger charge is -2.34. The molecular weight excluding hydrogens is 434 g/mol. The van der Waals surface area contributed by atoms with Gasteiger partial charge in [0.25, 0.3) is 11.5 Å². The normalized spacial score (nSPS) is 14.7. The molecule has 1 fully saturated rings. The lowest BCUT2D eigenvalue weighted by atomic mass is 10.1. The number of fused-ring (bicyclic) bond motifs is 1. The summed E-state index contributed by atoms with van der Waals surface area (Å²) in [6.45, 7) is 7.39. The highest BCUT2D eigenvalue weighted by molar-refractivity contribution is 7.19. The molecule has 1 aliphatic rings. The number of carbonyl (C=O) groups excluding carboxylic acids is 1. The smallest absolute Gasteiger partial charge is 0.275 e. The Balaban J connectivity index is 1.29. The van der Waals surface area contributed by atoms with E-state index in [0.29, 0.717) is 24.6 Å². The van der Waals surface area contributed by atoms with Gasteiger partial charge in [-0.3, -0.25) is 14.5 Å². The van der Waals surface area contributed by atoms with Crippen LogP contribution in [0.3, 0.4) is 0 Å². The number of hydrogen-bond acceptors (Lipinski definition) is 6. The summed E-state index contributed by atoms with van der Waals surface area (Å²) in [6.07, 6.45) is 0. The molecule has 0 unspecified atom stereocenters. The summed E-state index contributed by atoms with van der Waals surface area (Å²) in [5.74, 6) is 0.0823. The lowest BCUT2D eigenvalue weighted by Crippen LogP contribution is -2.48. The first-order valence-corrected chi connectivity index (χ1v) is 11.8. The summed E-state index contributed by atoms with van der Waals surface area (Å²) in [7, 11) is 0. The number of piperazine rings is 1. The van der Waals surface area contributed by atoms with Crippen molar-refractivity contribution in [2.75, 3.05) is 26.2 Å². The minimum absolute atomic E-state index is 0.0823. The van der Waals surface area contributed by atoms with E-state index in [1.165, 1.54) is 15.9 Å². The molecule has 168 valence electrons. The molecule has 5 rings (SSSR count). The van der Waals surface area contributed by atoms with Gasteiger partial charge in [-0.1, -0.05) is 53.3 Å². The Bertz CT molecular complexity index is 1390. The fourth-order valence-electron chi connectivity index (χ4n) is 4.15. The SMILES string of the molecule is Cc1cccc(-c2nn3c(=O)cc(CN4CCN(C(=O)c5ccccc5C)CC4)nc3s2)c1. The molecular formula is C25H25N5O2S. The maximum Gasteiger partial charge on any atom is 0.275 e. The van der Waals surface area contributed by atoms with Gasteiger partial charge >= 0.3 is 0 Å². The number of aryl methyl sites for hydroxylation is 2. The monoisotopic (exact) mass is 459 g/mol. The van der Waals surface area contributed by atoms with Gasteiger partial charge in [-0.15, -0.1) is 0 Å². The fourth-order valence-corrected chi connectivity index (χ4v) is 5.07. The second kappa shape index (κ2) is 8.88. The predicted octanol–water partition coefficient (Wildman–Crippen LogP) is 3.39. The van der Waals surface area contributed by atoms with Crippen molar-refractivity contribution in [1.82, 2.24) is 24.4 Å². The van der Waals surface area contributed by atoms with Crippen LogP contribution < -0.4 is 5.56 Å². The molecule has 2 aromatic heterocycles. The van der Waals surface area contributed by atoms with Crippen LogP contribution in [0.2, 0.25) is 0 Å². The first-order chi connectivity index (χ1) is 16.0. The largest absolute Gasteiger partial charge is 0.336 e. The number of aromatic nitrogens is 3. The Kier molecular flexibility index (Phi) is 5.78. The van der Waals surface area contributed by atoms with Crippen molar-refractivity contribution in [3.05, 3.63) is 87.3 Å². The molecule has 2 aromatic carbocycles. The van der Waals surface area contributed by atoms with Crippen LogP contribution in [0.25, 0.3) is 15.5 Å². The number of amides is 1. The molecule has 3 heterocycles. The summed E-state index contributed by atoms with van der Waals surface area (Å²) >= 11 is 1.42. The average Bonchev–Trinajstić information content (AvgIpc) is 3.24. The minimum Gasteiger partial charge on any atom is -0.336 e. The predicted molar refractivity (Wildman–Crippen MR) is 130 cm³/mol. The van der Waals surface area contributed by atoms with Crippen LogP contribution in [0.5, 0.6) is 0 Å². The molecule has 7 nitrogen and oxygen atoms in total. The number of rotatable bonds is 4.